The van der Waals surface area contributed by atoms with Crippen LogP contribution < -0.4 is 19.7 Å². The second-order valence-electron chi connectivity index (χ2n) is 5.60. The molecule has 1 aliphatic rings. The monoisotopic (exact) mass is 298 g/mol. The number of para-hydroxylation sites is 2. The standard InChI is InChI=1S/C18H22N2O2/c1-13-11-19-17-6-4-5-7-18(17)20(13)12-14-8-15(21-2)10-16(9-14)22-3/h4-10,13,19H,11-12H2,1-3H3. The zero-order chi connectivity index (χ0) is 15.5. The van der Waals surface area contributed by atoms with Gasteiger partial charge < -0.3 is 19.7 Å². The Bertz CT molecular complexity index is 635. The molecule has 1 atom stereocenters. The molecule has 0 saturated carbocycles. The lowest BCUT2D eigenvalue weighted by molar-refractivity contribution is 0.393. The first kappa shape index (κ1) is 14.6. The molecule has 3 rings (SSSR count). The summed E-state index contributed by atoms with van der Waals surface area (Å²) in [7, 11) is 3.36. The van der Waals surface area contributed by atoms with Crippen LogP contribution in [0.15, 0.2) is 42.5 Å². The molecule has 2 aromatic rings. The normalized spacial score (nSPS) is 16.7. The Hall–Kier alpha value is -2.36. The number of methoxy groups -OCH3 is 2. The van der Waals surface area contributed by atoms with Crippen molar-refractivity contribution in [3.05, 3.63) is 48.0 Å². The third-order valence-corrected chi connectivity index (χ3v) is 4.10. The van der Waals surface area contributed by atoms with E-state index in [1.807, 2.05) is 6.07 Å². The fraction of sp³-hybridized carbons (Fsp3) is 0.333. The van der Waals surface area contributed by atoms with E-state index in [2.05, 4.69) is 53.5 Å². The number of ether oxygens (including phenoxy) is 2. The molecule has 1 unspecified atom stereocenters. The van der Waals surface area contributed by atoms with E-state index in [4.69, 9.17) is 9.47 Å². The second-order valence-corrected chi connectivity index (χ2v) is 5.60. The van der Waals surface area contributed by atoms with Crippen molar-refractivity contribution < 1.29 is 9.47 Å². The van der Waals surface area contributed by atoms with Gasteiger partial charge in [0.2, 0.25) is 0 Å². The van der Waals surface area contributed by atoms with Gasteiger partial charge in [-0.3, -0.25) is 0 Å². The lowest BCUT2D eigenvalue weighted by Crippen LogP contribution is -2.41. The van der Waals surface area contributed by atoms with Gasteiger partial charge in [-0.1, -0.05) is 12.1 Å². The summed E-state index contributed by atoms with van der Waals surface area (Å²) in [6.45, 7) is 4.01. The molecule has 2 aromatic carbocycles. The van der Waals surface area contributed by atoms with E-state index in [0.29, 0.717) is 6.04 Å². The topological polar surface area (TPSA) is 33.7 Å². The van der Waals surface area contributed by atoms with Crippen LogP contribution in [0.1, 0.15) is 12.5 Å². The maximum atomic E-state index is 5.37. The van der Waals surface area contributed by atoms with Crippen molar-refractivity contribution in [3.8, 4) is 11.5 Å². The maximum absolute atomic E-state index is 5.37. The van der Waals surface area contributed by atoms with Crippen LogP contribution in [0.2, 0.25) is 0 Å². The van der Waals surface area contributed by atoms with Crippen LogP contribution in [0.5, 0.6) is 11.5 Å². The van der Waals surface area contributed by atoms with E-state index >= 15 is 0 Å². The fourth-order valence-corrected chi connectivity index (χ4v) is 2.87. The molecule has 116 valence electrons. The Labute approximate surface area is 131 Å². The van der Waals surface area contributed by atoms with E-state index in [-0.39, 0.29) is 0 Å². The first-order valence-electron chi connectivity index (χ1n) is 7.52. The molecule has 0 aromatic heterocycles. The number of rotatable bonds is 4. The summed E-state index contributed by atoms with van der Waals surface area (Å²) in [5.41, 5.74) is 3.61. The van der Waals surface area contributed by atoms with Gasteiger partial charge >= 0.3 is 0 Å². The molecule has 0 bridgehead atoms. The van der Waals surface area contributed by atoms with E-state index in [0.717, 1.165) is 24.6 Å². The molecule has 0 saturated heterocycles. The highest BCUT2D eigenvalue weighted by molar-refractivity contribution is 5.72. The first-order chi connectivity index (χ1) is 10.7. The minimum atomic E-state index is 0.423. The number of fused-ring (bicyclic) bond motifs is 1. The number of nitrogens with zero attached hydrogens (tertiary/aromatic N) is 1. The molecular formula is C18H22N2O2. The Morgan fingerprint density at radius 3 is 2.45 bits per heavy atom. The van der Waals surface area contributed by atoms with E-state index < -0.39 is 0 Å². The minimum Gasteiger partial charge on any atom is -0.497 e. The highest BCUT2D eigenvalue weighted by Gasteiger charge is 2.22. The van der Waals surface area contributed by atoms with Gasteiger partial charge in [-0.2, -0.15) is 0 Å². The van der Waals surface area contributed by atoms with Gasteiger partial charge in [0.25, 0.3) is 0 Å². The SMILES string of the molecule is COc1cc(CN2c3ccccc3NCC2C)cc(OC)c1. The van der Waals surface area contributed by atoms with Gasteiger partial charge in [0.1, 0.15) is 11.5 Å². The molecule has 0 amide bonds. The van der Waals surface area contributed by atoms with Gasteiger partial charge in [0.05, 0.1) is 25.6 Å². The van der Waals surface area contributed by atoms with E-state index in [1.165, 1.54) is 16.9 Å². The average molecular weight is 298 g/mol. The molecule has 4 heteroatoms. The fourth-order valence-electron chi connectivity index (χ4n) is 2.87. The van der Waals surface area contributed by atoms with E-state index in [9.17, 15) is 0 Å². The largest absolute Gasteiger partial charge is 0.497 e. The minimum absolute atomic E-state index is 0.423. The van der Waals surface area contributed by atoms with Gasteiger partial charge in [-0.05, 0) is 36.8 Å². The highest BCUT2D eigenvalue weighted by atomic mass is 16.5. The van der Waals surface area contributed by atoms with Crippen LogP contribution in [0.3, 0.4) is 0 Å². The van der Waals surface area contributed by atoms with Crippen molar-refractivity contribution >= 4 is 11.4 Å². The van der Waals surface area contributed by atoms with Gasteiger partial charge in [-0.25, -0.2) is 0 Å². The molecule has 22 heavy (non-hydrogen) atoms. The molecule has 0 spiro atoms. The lowest BCUT2D eigenvalue weighted by atomic mass is 10.1. The number of hydrogen-bond acceptors (Lipinski definition) is 4. The molecule has 1 heterocycles. The Morgan fingerprint density at radius 2 is 1.77 bits per heavy atom. The third kappa shape index (κ3) is 2.82. The second kappa shape index (κ2) is 6.18. The first-order valence-corrected chi connectivity index (χ1v) is 7.52. The molecule has 0 fully saturated rings. The summed E-state index contributed by atoms with van der Waals surface area (Å²) in [5, 5.41) is 3.48. The van der Waals surface area contributed by atoms with Crippen LogP contribution in [-0.2, 0) is 6.54 Å². The molecule has 1 aliphatic heterocycles. The predicted octanol–water partition coefficient (Wildman–Crippen LogP) is 3.52. The predicted molar refractivity (Wildman–Crippen MR) is 90.1 cm³/mol. The Morgan fingerprint density at radius 1 is 1.09 bits per heavy atom. The number of benzene rings is 2. The van der Waals surface area contributed by atoms with Gasteiger partial charge in [-0.15, -0.1) is 0 Å². The summed E-state index contributed by atoms with van der Waals surface area (Å²) in [4.78, 5) is 2.42. The van der Waals surface area contributed by atoms with Crippen molar-refractivity contribution in [2.75, 3.05) is 31.0 Å². The maximum Gasteiger partial charge on any atom is 0.122 e. The summed E-state index contributed by atoms with van der Waals surface area (Å²) in [5.74, 6) is 1.65. The van der Waals surface area contributed by atoms with Crippen LogP contribution in [0.25, 0.3) is 0 Å². The van der Waals surface area contributed by atoms with Crippen LogP contribution >= 0.6 is 0 Å². The van der Waals surface area contributed by atoms with Gasteiger partial charge in [0, 0.05) is 25.2 Å². The highest BCUT2D eigenvalue weighted by Crippen LogP contribution is 2.33. The summed E-state index contributed by atoms with van der Waals surface area (Å²) in [6.07, 6.45) is 0. The Kier molecular flexibility index (Phi) is 4.09. The lowest BCUT2D eigenvalue weighted by Gasteiger charge is -2.37. The van der Waals surface area contributed by atoms with E-state index in [1.54, 1.807) is 14.2 Å². The quantitative estimate of drug-likeness (QED) is 0.936. The smallest absolute Gasteiger partial charge is 0.122 e. The molecular weight excluding hydrogens is 276 g/mol. The average Bonchev–Trinajstić information content (AvgIpc) is 2.57. The zero-order valence-electron chi connectivity index (χ0n) is 13.3. The number of hydrogen-bond donors (Lipinski definition) is 1. The number of nitrogens with one attached hydrogen (secondary N) is 1. The molecule has 0 aliphatic carbocycles. The van der Waals surface area contributed by atoms with Crippen molar-refractivity contribution in [3.63, 3.8) is 0 Å². The van der Waals surface area contributed by atoms with Crippen LogP contribution in [0, 0.1) is 0 Å². The molecule has 1 N–H and O–H groups in total. The molecule has 4 nitrogen and oxygen atoms in total. The third-order valence-electron chi connectivity index (χ3n) is 4.10. The zero-order valence-corrected chi connectivity index (χ0v) is 13.3. The Balaban J connectivity index is 1.92. The van der Waals surface area contributed by atoms with Crippen molar-refractivity contribution in [2.45, 2.75) is 19.5 Å². The summed E-state index contributed by atoms with van der Waals surface area (Å²) >= 11 is 0. The van der Waals surface area contributed by atoms with Crippen molar-refractivity contribution in [1.82, 2.24) is 0 Å². The van der Waals surface area contributed by atoms with Crippen LogP contribution in [-0.4, -0.2) is 26.8 Å². The van der Waals surface area contributed by atoms with Crippen molar-refractivity contribution in [2.24, 2.45) is 0 Å². The van der Waals surface area contributed by atoms with Crippen LogP contribution in [0.4, 0.5) is 11.4 Å². The van der Waals surface area contributed by atoms with Crippen molar-refractivity contribution in [1.29, 1.82) is 0 Å². The molecule has 0 radical (unpaired) electrons. The summed E-state index contributed by atoms with van der Waals surface area (Å²) in [6, 6.07) is 14.9. The summed E-state index contributed by atoms with van der Waals surface area (Å²) < 4.78 is 10.7. The van der Waals surface area contributed by atoms with Gasteiger partial charge in [0.15, 0.2) is 0 Å². The number of anilines is 2.